The van der Waals surface area contributed by atoms with Crippen LogP contribution in [0.3, 0.4) is 0 Å². The van der Waals surface area contributed by atoms with Crippen molar-refractivity contribution in [3.8, 4) is 0 Å². The SMILES string of the molecule is OCC1(c2ccccc2)CC=CCO1. The van der Waals surface area contributed by atoms with Gasteiger partial charge in [-0.2, -0.15) is 0 Å². The molecule has 0 radical (unpaired) electrons. The van der Waals surface area contributed by atoms with Crippen LogP contribution in [0.25, 0.3) is 0 Å². The zero-order chi connectivity index (χ0) is 9.86. The Hall–Kier alpha value is -1.12. The summed E-state index contributed by atoms with van der Waals surface area (Å²) in [7, 11) is 0. The summed E-state index contributed by atoms with van der Waals surface area (Å²) in [5.41, 5.74) is 0.530. The molecule has 1 aliphatic rings. The van der Waals surface area contributed by atoms with Crippen molar-refractivity contribution < 1.29 is 9.84 Å². The van der Waals surface area contributed by atoms with Crippen LogP contribution in [0.5, 0.6) is 0 Å². The average Bonchev–Trinajstić information content (AvgIpc) is 2.31. The number of hydrogen-bond donors (Lipinski definition) is 1. The molecule has 14 heavy (non-hydrogen) atoms. The lowest BCUT2D eigenvalue weighted by Crippen LogP contribution is -2.35. The predicted octanol–water partition coefficient (Wildman–Crippen LogP) is 1.85. The molecule has 0 aliphatic carbocycles. The zero-order valence-corrected chi connectivity index (χ0v) is 8.02. The van der Waals surface area contributed by atoms with Crippen molar-refractivity contribution in [1.29, 1.82) is 0 Å². The van der Waals surface area contributed by atoms with E-state index < -0.39 is 5.60 Å². The fourth-order valence-electron chi connectivity index (χ4n) is 1.75. The van der Waals surface area contributed by atoms with Gasteiger partial charge in [0, 0.05) is 6.42 Å². The highest BCUT2D eigenvalue weighted by Crippen LogP contribution is 2.31. The molecular formula is C12H14O2. The lowest BCUT2D eigenvalue weighted by molar-refractivity contribution is -0.0781. The van der Waals surface area contributed by atoms with Crippen LogP contribution in [-0.2, 0) is 10.3 Å². The summed E-state index contributed by atoms with van der Waals surface area (Å²) in [6, 6.07) is 9.89. The van der Waals surface area contributed by atoms with Crippen LogP contribution in [-0.4, -0.2) is 18.3 Å². The molecule has 1 atom stereocenters. The van der Waals surface area contributed by atoms with E-state index >= 15 is 0 Å². The summed E-state index contributed by atoms with van der Waals surface area (Å²) in [5.74, 6) is 0. The van der Waals surface area contributed by atoms with Crippen molar-refractivity contribution in [3.05, 3.63) is 48.0 Å². The molecule has 0 saturated heterocycles. The number of aliphatic hydroxyl groups is 1. The Morgan fingerprint density at radius 3 is 2.57 bits per heavy atom. The van der Waals surface area contributed by atoms with E-state index in [1.54, 1.807) is 0 Å². The molecular weight excluding hydrogens is 176 g/mol. The third-order valence-corrected chi connectivity index (χ3v) is 2.63. The van der Waals surface area contributed by atoms with Gasteiger partial charge in [-0.05, 0) is 5.56 Å². The van der Waals surface area contributed by atoms with Crippen LogP contribution in [0.2, 0.25) is 0 Å². The molecule has 0 saturated carbocycles. The maximum Gasteiger partial charge on any atom is 0.120 e. The van der Waals surface area contributed by atoms with E-state index in [1.807, 2.05) is 36.4 Å². The second-order valence-corrected chi connectivity index (χ2v) is 3.50. The molecule has 2 heteroatoms. The quantitative estimate of drug-likeness (QED) is 0.721. The minimum Gasteiger partial charge on any atom is -0.393 e. The molecule has 0 aromatic heterocycles. The Morgan fingerprint density at radius 2 is 2.00 bits per heavy atom. The second-order valence-electron chi connectivity index (χ2n) is 3.50. The van der Waals surface area contributed by atoms with E-state index in [1.165, 1.54) is 0 Å². The summed E-state index contributed by atoms with van der Waals surface area (Å²) in [6.07, 6.45) is 4.79. The first-order chi connectivity index (χ1) is 6.87. The van der Waals surface area contributed by atoms with Gasteiger partial charge < -0.3 is 9.84 Å². The van der Waals surface area contributed by atoms with E-state index in [0.717, 1.165) is 12.0 Å². The topological polar surface area (TPSA) is 29.5 Å². The number of benzene rings is 1. The molecule has 1 unspecified atom stereocenters. The molecule has 1 aromatic rings. The first kappa shape index (κ1) is 9.44. The van der Waals surface area contributed by atoms with Gasteiger partial charge >= 0.3 is 0 Å². The minimum absolute atomic E-state index is 0.0291. The van der Waals surface area contributed by atoms with Crippen LogP contribution in [0.15, 0.2) is 42.5 Å². The Morgan fingerprint density at radius 1 is 1.21 bits per heavy atom. The fraction of sp³-hybridized carbons (Fsp3) is 0.333. The highest BCUT2D eigenvalue weighted by molar-refractivity contribution is 5.24. The third kappa shape index (κ3) is 1.59. The third-order valence-electron chi connectivity index (χ3n) is 2.63. The highest BCUT2D eigenvalue weighted by Gasteiger charge is 2.32. The van der Waals surface area contributed by atoms with Crippen molar-refractivity contribution in [2.45, 2.75) is 12.0 Å². The van der Waals surface area contributed by atoms with E-state index in [4.69, 9.17) is 4.74 Å². The number of ether oxygens (including phenoxy) is 1. The van der Waals surface area contributed by atoms with Gasteiger partial charge in [0.25, 0.3) is 0 Å². The molecule has 1 aromatic carbocycles. The Balaban J connectivity index is 2.33. The first-order valence-corrected chi connectivity index (χ1v) is 4.83. The summed E-state index contributed by atoms with van der Waals surface area (Å²) < 4.78 is 5.66. The Kier molecular flexibility index (Phi) is 2.66. The largest absolute Gasteiger partial charge is 0.393 e. The van der Waals surface area contributed by atoms with Crippen molar-refractivity contribution in [3.63, 3.8) is 0 Å². The molecule has 74 valence electrons. The molecule has 1 aliphatic heterocycles. The molecule has 2 rings (SSSR count). The van der Waals surface area contributed by atoms with E-state index in [9.17, 15) is 5.11 Å². The molecule has 1 N–H and O–H groups in total. The molecule has 0 fully saturated rings. The fourth-order valence-corrected chi connectivity index (χ4v) is 1.75. The van der Waals surface area contributed by atoms with Crippen molar-refractivity contribution in [2.24, 2.45) is 0 Å². The minimum atomic E-state index is -0.518. The normalized spacial score (nSPS) is 26.4. The molecule has 2 nitrogen and oxygen atoms in total. The average molecular weight is 190 g/mol. The first-order valence-electron chi connectivity index (χ1n) is 4.83. The monoisotopic (exact) mass is 190 g/mol. The summed E-state index contributed by atoms with van der Waals surface area (Å²) in [5, 5.41) is 9.44. The Bertz CT molecular complexity index is 318. The lowest BCUT2D eigenvalue weighted by Gasteiger charge is -2.33. The van der Waals surface area contributed by atoms with Gasteiger partial charge in [-0.3, -0.25) is 0 Å². The second kappa shape index (κ2) is 3.95. The maximum atomic E-state index is 9.44. The van der Waals surface area contributed by atoms with Gasteiger partial charge in [-0.1, -0.05) is 42.5 Å². The van der Waals surface area contributed by atoms with Crippen molar-refractivity contribution in [2.75, 3.05) is 13.2 Å². The van der Waals surface area contributed by atoms with Crippen molar-refractivity contribution in [1.82, 2.24) is 0 Å². The number of rotatable bonds is 2. The lowest BCUT2D eigenvalue weighted by atomic mass is 9.89. The summed E-state index contributed by atoms with van der Waals surface area (Å²) >= 11 is 0. The van der Waals surface area contributed by atoms with Crippen LogP contribution in [0.4, 0.5) is 0 Å². The smallest absolute Gasteiger partial charge is 0.120 e. The van der Waals surface area contributed by atoms with Crippen LogP contribution in [0.1, 0.15) is 12.0 Å². The van der Waals surface area contributed by atoms with Gasteiger partial charge in [-0.15, -0.1) is 0 Å². The van der Waals surface area contributed by atoms with E-state index in [0.29, 0.717) is 6.61 Å². The molecule has 0 spiro atoms. The van der Waals surface area contributed by atoms with Gasteiger partial charge in [0.05, 0.1) is 13.2 Å². The highest BCUT2D eigenvalue weighted by atomic mass is 16.5. The molecule has 0 amide bonds. The number of hydrogen-bond acceptors (Lipinski definition) is 2. The van der Waals surface area contributed by atoms with Gasteiger partial charge in [0.1, 0.15) is 5.60 Å². The van der Waals surface area contributed by atoms with Crippen LogP contribution < -0.4 is 0 Å². The predicted molar refractivity (Wildman–Crippen MR) is 54.9 cm³/mol. The van der Waals surface area contributed by atoms with Crippen LogP contribution >= 0.6 is 0 Å². The summed E-state index contributed by atoms with van der Waals surface area (Å²) in [6.45, 7) is 0.608. The standard InChI is InChI=1S/C12H14O2/c13-10-12(8-4-5-9-14-12)11-6-2-1-3-7-11/h1-7,13H,8-10H2. The zero-order valence-electron chi connectivity index (χ0n) is 8.02. The van der Waals surface area contributed by atoms with Gasteiger partial charge in [0.2, 0.25) is 0 Å². The molecule has 0 bridgehead atoms. The Labute approximate surface area is 83.8 Å². The van der Waals surface area contributed by atoms with E-state index in [2.05, 4.69) is 6.08 Å². The van der Waals surface area contributed by atoms with Gasteiger partial charge in [-0.25, -0.2) is 0 Å². The van der Waals surface area contributed by atoms with Crippen LogP contribution in [0, 0.1) is 0 Å². The van der Waals surface area contributed by atoms with E-state index in [-0.39, 0.29) is 6.61 Å². The number of aliphatic hydroxyl groups excluding tert-OH is 1. The maximum absolute atomic E-state index is 9.44. The van der Waals surface area contributed by atoms with Gasteiger partial charge in [0.15, 0.2) is 0 Å². The summed E-state index contributed by atoms with van der Waals surface area (Å²) in [4.78, 5) is 0. The van der Waals surface area contributed by atoms with Crippen molar-refractivity contribution >= 4 is 0 Å². The molecule has 1 heterocycles.